The van der Waals surface area contributed by atoms with Crippen LogP contribution in [-0.4, -0.2) is 43.8 Å². The molecule has 2 atom stereocenters. The molecule has 0 bridgehead atoms. The van der Waals surface area contributed by atoms with Gasteiger partial charge in [0.2, 0.25) is 0 Å². The van der Waals surface area contributed by atoms with E-state index in [-0.39, 0.29) is 29.8 Å². The lowest BCUT2D eigenvalue weighted by Gasteiger charge is -2.28. The number of carboxylic acids is 1. The third-order valence-electron chi connectivity index (χ3n) is 4.35. The number of hydrogen-bond acceptors (Lipinski definition) is 5. The summed E-state index contributed by atoms with van der Waals surface area (Å²) >= 11 is 0. The van der Waals surface area contributed by atoms with Gasteiger partial charge in [-0.1, -0.05) is 13.3 Å². The number of rotatable bonds is 7. The van der Waals surface area contributed by atoms with Gasteiger partial charge >= 0.3 is 5.97 Å². The lowest BCUT2D eigenvalue weighted by Crippen LogP contribution is -2.35. The Bertz CT molecular complexity index is 610. The number of benzene rings is 1. The molecule has 24 heavy (non-hydrogen) atoms. The van der Waals surface area contributed by atoms with Crippen LogP contribution in [0.3, 0.4) is 0 Å². The molecule has 1 aliphatic heterocycles. The molecule has 1 N–H and O–H groups in total. The van der Waals surface area contributed by atoms with Crippen molar-refractivity contribution in [2.45, 2.75) is 38.7 Å². The van der Waals surface area contributed by atoms with Crippen LogP contribution in [0.5, 0.6) is 11.5 Å². The third kappa shape index (κ3) is 4.06. The summed E-state index contributed by atoms with van der Waals surface area (Å²) in [5.41, 5.74) is 0.594. The van der Waals surface area contributed by atoms with Gasteiger partial charge in [-0.05, 0) is 18.9 Å². The Morgan fingerprint density at radius 2 is 2.08 bits per heavy atom. The van der Waals surface area contributed by atoms with E-state index >= 15 is 0 Å². The van der Waals surface area contributed by atoms with E-state index in [1.54, 1.807) is 6.07 Å². The van der Waals surface area contributed by atoms with E-state index in [9.17, 15) is 14.7 Å². The van der Waals surface area contributed by atoms with Crippen molar-refractivity contribution in [2.24, 2.45) is 5.92 Å². The molecule has 1 heterocycles. The van der Waals surface area contributed by atoms with E-state index < -0.39 is 5.97 Å². The number of carboxylic acid groups (broad SMARTS) is 1. The fraction of sp³-hybridized carbons (Fsp3) is 0.556. The number of hydrogen-bond donors (Lipinski definition) is 1. The van der Waals surface area contributed by atoms with Crippen LogP contribution < -0.4 is 9.47 Å². The van der Waals surface area contributed by atoms with Gasteiger partial charge in [0.05, 0.1) is 32.5 Å². The van der Waals surface area contributed by atoms with Crippen LogP contribution in [0, 0.1) is 5.92 Å². The summed E-state index contributed by atoms with van der Waals surface area (Å²) < 4.78 is 16.2. The summed E-state index contributed by atoms with van der Waals surface area (Å²) in [7, 11) is 2.94. The molecule has 0 aliphatic carbocycles. The van der Waals surface area contributed by atoms with Crippen molar-refractivity contribution in [3.63, 3.8) is 0 Å². The molecule has 6 nitrogen and oxygen atoms in total. The smallest absolute Gasteiger partial charge is 0.336 e. The fourth-order valence-corrected chi connectivity index (χ4v) is 3.04. The Balaban J connectivity index is 2.25. The molecular formula is C18H24O6. The van der Waals surface area contributed by atoms with E-state index in [0.29, 0.717) is 30.1 Å². The van der Waals surface area contributed by atoms with Crippen LogP contribution in [0.4, 0.5) is 0 Å². The maximum absolute atomic E-state index is 12.4. The zero-order valence-electron chi connectivity index (χ0n) is 14.3. The zero-order valence-corrected chi connectivity index (χ0v) is 14.3. The van der Waals surface area contributed by atoms with Crippen molar-refractivity contribution in [1.82, 2.24) is 0 Å². The largest absolute Gasteiger partial charge is 0.497 e. The first-order valence-corrected chi connectivity index (χ1v) is 8.12. The van der Waals surface area contributed by atoms with Crippen LogP contribution in [0.15, 0.2) is 12.1 Å². The summed E-state index contributed by atoms with van der Waals surface area (Å²) in [6.45, 7) is 2.37. The molecule has 1 saturated heterocycles. The molecule has 0 unspecified atom stereocenters. The predicted molar refractivity (Wildman–Crippen MR) is 88.0 cm³/mol. The van der Waals surface area contributed by atoms with E-state index in [1.807, 2.05) is 0 Å². The quantitative estimate of drug-likeness (QED) is 0.824. The first-order valence-electron chi connectivity index (χ1n) is 8.12. The molecule has 0 spiro atoms. The lowest BCUT2D eigenvalue weighted by molar-refractivity contribution is -0.135. The second-order valence-corrected chi connectivity index (χ2v) is 5.98. The monoisotopic (exact) mass is 336 g/mol. The van der Waals surface area contributed by atoms with Crippen molar-refractivity contribution < 1.29 is 28.9 Å². The predicted octanol–water partition coefficient (Wildman–Crippen LogP) is 2.72. The Morgan fingerprint density at radius 3 is 2.62 bits per heavy atom. The highest BCUT2D eigenvalue weighted by atomic mass is 16.5. The first-order chi connectivity index (χ1) is 11.5. The van der Waals surface area contributed by atoms with Gasteiger partial charge in [0.25, 0.3) is 0 Å². The molecule has 1 aromatic rings. The summed E-state index contributed by atoms with van der Waals surface area (Å²) in [5, 5.41) is 9.49. The number of ketones is 1. The Morgan fingerprint density at radius 1 is 1.33 bits per heavy atom. The normalized spacial score (nSPS) is 20.7. The molecular weight excluding hydrogens is 312 g/mol. The molecule has 2 rings (SSSR count). The van der Waals surface area contributed by atoms with Gasteiger partial charge in [-0.25, -0.2) is 4.79 Å². The van der Waals surface area contributed by atoms with Gasteiger partial charge in [-0.2, -0.15) is 0 Å². The molecule has 1 aromatic carbocycles. The summed E-state index contributed by atoms with van der Waals surface area (Å²) in [6.07, 6.45) is 2.49. The number of methoxy groups -OCH3 is 2. The van der Waals surface area contributed by atoms with Gasteiger partial charge in [-0.15, -0.1) is 0 Å². The molecule has 0 radical (unpaired) electrons. The van der Waals surface area contributed by atoms with Crippen molar-refractivity contribution in [1.29, 1.82) is 0 Å². The van der Waals surface area contributed by atoms with Crippen LogP contribution in [0.1, 0.15) is 42.1 Å². The highest BCUT2D eigenvalue weighted by Crippen LogP contribution is 2.32. The second-order valence-electron chi connectivity index (χ2n) is 5.98. The van der Waals surface area contributed by atoms with Crippen LogP contribution in [0.25, 0.3) is 0 Å². The van der Waals surface area contributed by atoms with Crippen LogP contribution >= 0.6 is 0 Å². The highest BCUT2D eigenvalue weighted by Gasteiger charge is 2.31. The average molecular weight is 336 g/mol. The maximum Gasteiger partial charge on any atom is 0.336 e. The molecule has 0 aromatic heterocycles. The zero-order chi connectivity index (χ0) is 17.7. The Kier molecular flexibility index (Phi) is 6.20. The number of ether oxygens (including phenoxy) is 3. The number of Topliss-reactive ketones (excluding diaryl/α,β-unsaturated/α-hetero) is 1. The average Bonchev–Trinajstić information content (AvgIpc) is 2.57. The molecule has 1 aliphatic rings. The van der Waals surface area contributed by atoms with E-state index in [4.69, 9.17) is 14.2 Å². The lowest BCUT2D eigenvalue weighted by atomic mass is 9.87. The topological polar surface area (TPSA) is 82.1 Å². The van der Waals surface area contributed by atoms with Crippen molar-refractivity contribution >= 4 is 11.8 Å². The number of aromatic carboxylic acids is 1. The van der Waals surface area contributed by atoms with Gasteiger partial charge < -0.3 is 19.3 Å². The molecule has 132 valence electrons. The molecule has 0 amide bonds. The Labute approximate surface area is 141 Å². The minimum Gasteiger partial charge on any atom is -0.497 e. The summed E-state index contributed by atoms with van der Waals surface area (Å²) in [4.78, 5) is 24.0. The van der Waals surface area contributed by atoms with E-state index in [1.165, 1.54) is 20.3 Å². The van der Waals surface area contributed by atoms with Gasteiger partial charge in [0, 0.05) is 24.0 Å². The minimum absolute atomic E-state index is 0.0181. The molecule has 1 fully saturated rings. The number of carbonyl (C=O) groups is 2. The van der Waals surface area contributed by atoms with Crippen molar-refractivity contribution in [3.05, 3.63) is 23.3 Å². The van der Waals surface area contributed by atoms with Crippen LogP contribution in [-0.2, 0) is 16.0 Å². The van der Waals surface area contributed by atoms with Gasteiger partial charge in [0.1, 0.15) is 17.3 Å². The van der Waals surface area contributed by atoms with E-state index in [2.05, 4.69) is 6.92 Å². The fourth-order valence-electron chi connectivity index (χ4n) is 3.04. The maximum atomic E-state index is 12.4. The molecule has 6 heteroatoms. The number of carbonyl (C=O) groups excluding carboxylic acids is 1. The van der Waals surface area contributed by atoms with Crippen LogP contribution in [0.2, 0.25) is 0 Å². The SMILES string of the molecule is CCC[C@@H]1CC(=O)[C@@H](Cc2c(OC)cc(OC)cc2C(=O)O)CO1. The third-order valence-corrected chi connectivity index (χ3v) is 4.35. The van der Waals surface area contributed by atoms with E-state index in [0.717, 1.165) is 12.8 Å². The first kappa shape index (κ1) is 18.3. The molecule has 0 saturated carbocycles. The van der Waals surface area contributed by atoms with Crippen molar-refractivity contribution in [2.75, 3.05) is 20.8 Å². The van der Waals surface area contributed by atoms with Gasteiger partial charge in [0.15, 0.2) is 0 Å². The summed E-state index contributed by atoms with van der Waals surface area (Å²) in [6, 6.07) is 3.09. The standard InChI is InChI=1S/C18H24O6/c1-4-5-12-8-16(19)11(10-24-12)6-14-15(18(20)21)7-13(22-2)9-17(14)23-3/h7,9,11-12H,4-6,8,10H2,1-3H3,(H,20,21)/t11-,12+/m0/s1. The second kappa shape index (κ2) is 8.15. The van der Waals surface area contributed by atoms with Gasteiger partial charge in [-0.3, -0.25) is 4.79 Å². The minimum atomic E-state index is -1.07. The highest BCUT2D eigenvalue weighted by molar-refractivity contribution is 5.91. The Hall–Kier alpha value is -2.08. The summed E-state index contributed by atoms with van der Waals surface area (Å²) in [5.74, 6) is -0.486. The van der Waals surface area contributed by atoms with Crippen molar-refractivity contribution in [3.8, 4) is 11.5 Å².